The maximum atomic E-state index is 14.3. The number of nitrogens with zero attached hydrogens (tertiary/aromatic N) is 1. The molecule has 6 N–H and O–H groups in total. The number of carbonyl (C=O) groups excluding carboxylic acids is 1. The molecular formula is C42H80N2O12. The molecule has 14 nitrogen and oxygen atoms in total. The zero-order valence-electron chi connectivity index (χ0n) is 37.1. The Morgan fingerprint density at radius 2 is 1.55 bits per heavy atom. The largest absolute Gasteiger partial charge is 0.459 e. The molecule has 3 heterocycles. The third-order valence-corrected chi connectivity index (χ3v) is 13.2. The van der Waals surface area contributed by atoms with Gasteiger partial charge in [0.1, 0.15) is 23.9 Å². The van der Waals surface area contributed by atoms with Crippen LogP contribution >= 0.6 is 0 Å². The molecule has 0 aromatic carbocycles. The van der Waals surface area contributed by atoms with Gasteiger partial charge in [-0.3, -0.25) is 4.79 Å². The number of hydrogen-bond donors (Lipinski definition) is 6. The molecule has 0 aliphatic carbocycles. The molecule has 0 aromatic heterocycles. The van der Waals surface area contributed by atoms with Gasteiger partial charge in [0, 0.05) is 37.5 Å². The number of ether oxygens (including phenoxy) is 6. The average Bonchev–Trinajstić information content (AvgIpc) is 3.11. The van der Waals surface area contributed by atoms with E-state index in [0.29, 0.717) is 18.9 Å². The highest BCUT2D eigenvalue weighted by molar-refractivity contribution is 5.73. The highest BCUT2D eigenvalue weighted by Gasteiger charge is 2.53. The van der Waals surface area contributed by atoms with E-state index in [-0.39, 0.29) is 43.4 Å². The van der Waals surface area contributed by atoms with Gasteiger partial charge >= 0.3 is 5.97 Å². The monoisotopic (exact) mass is 805 g/mol. The molecule has 3 aliphatic rings. The normalized spacial score (nSPS) is 47.8. The molecule has 14 heteroatoms. The van der Waals surface area contributed by atoms with E-state index < -0.39 is 95.8 Å². The van der Waals surface area contributed by atoms with Crippen LogP contribution in [-0.2, 0) is 33.2 Å². The van der Waals surface area contributed by atoms with Crippen LogP contribution in [0.2, 0.25) is 0 Å². The first-order chi connectivity index (χ1) is 25.8. The van der Waals surface area contributed by atoms with Crippen LogP contribution in [0.3, 0.4) is 0 Å². The molecule has 56 heavy (non-hydrogen) atoms. The van der Waals surface area contributed by atoms with Crippen molar-refractivity contribution in [3.63, 3.8) is 0 Å². The number of aliphatic hydroxyl groups is 5. The minimum Gasteiger partial charge on any atom is -0.459 e. The fraction of sp³-hybridized carbons (Fsp3) is 0.976. The van der Waals surface area contributed by atoms with Gasteiger partial charge in [-0.15, -0.1) is 0 Å². The first kappa shape index (κ1) is 49.4. The highest BCUT2D eigenvalue weighted by Crippen LogP contribution is 2.41. The molecule has 3 fully saturated rings. The van der Waals surface area contributed by atoms with Crippen LogP contribution in [0, 0.1) is 29.6 Å². The number of rotatable bonds is 11. The summed E-state index contributed by atoms with van der Waals surface area (Å²) in [5.41, 5.74) is -4.48. The van der Waals surface area contributed by atoms with Gasteiger partial charge in [-0.05, 0) is 99.7 Å². The lowest BCUT2D eigenvalue weighted by atomic mass is 9.72. The number of methoxy groups -OCH3 is 1. The fourth-order valence-corrected chi connectivity index (χ4v) is 9.53. The standard InChI is InChI=1S/C42H80N2O12/c1-16-30-42(12,50)35(46)25(6)32(43-18-17-22(2)3)23(4)20-40(10,49)37(56-39-33(45)29(44(13)14)19-24(5)52-39)26(7)34(27(8)38(48)54-30)55-31-21-41(11,51-15)36(47)28(9)53-31/h22-37,39,43,45-47,49-50H,16-21H2,1-15H3/t23-,24?,25+,26+,27-,28?,29?,30-,31?,32+,33?,34+,35-,36?,37-,39?,40-,41?,42-/m1/s1. The second-order valence-electron chi connectivity index (χ2n) is 18.9. The molecule has 8 unspecified atom stereocenters. The van der Waals surface area contributed by atoms with Crippen molar-refractivity contribution in [1.29, 1.82) is 0 Å². The molecule has 330 valence electrons. The summed E-state index contributed by atoms with van der Waals surface area (Å²) in [5.74, 6) is -2.86. The first-order valence-electron chi connectivity index (χ1n) is 21.1. The van der Waals surface area contributed by atoms with Crippen LogP contribution in [0.4, 0.5) is 0 Å². The second-order valence-corrected chi connectivity index (χ2v) is 18.9. The molecule has 3 rings (SSSR count). The zero-order valence-corrected chi connectivity index (χ0v) is 37.1. The van der Waals surface area contributed by atoms with E-state index in [9.17, 15) is 30.3 Å². The molecule has 0 radical (unpaired) electrons. The Morgan fingerprint density at radius 3 is 2.11 bits per heavy atom. The van der Waals surface area contributed by atoms with Gasteiger partial charge in [0.05, 0.1) is 47.6 Å². The summed E-state index contributed by atoms with van der Waals surface area (Å²) < 4.78 is 37.9. The van der Waals surface area contributed by atoms with Crippen molar-refractivity contribution < 1.29 is 58.7 Å². The van der Waals surface area contributed by atoms with E-state index in [4.69, 9.17) is 28.4 Å². The molecule has 3 aliphatic heterocycles. The van der Waals surface area contributed by atoms with Crippen LogP contribution in [0.5, 0.6) is 0 Å². The lowest BCUT2D eigenvalue weighted by Gasteiger charge is -2.49. The molecule has 0 bridgehead atoms. The van der Waals surface area contributed by atoms with Crippen LogP contribution in [0.15, 0.2) is 0 Å². The Hall–Kier alpha value is -1.01. The third kappa shape index (κ3) is 11.4. The zero-order chi connectivity index (χ0) is 42.7. The SMILES string of the molecule is CC[C@H]1OC(=O)[C@H](C)[C@@H](OC2CC(C)(OC)C(O)C(C)O2)[C@H](C)[C@@H](OC2OC(C)CC(N(C)C)C2O)[C@](C)(O)C[C@@H](C)[C@H](NCCC(C)C)[C@H](C)[C@@H](O)[C@]1(C)O. The van der Waals surface area contributed by atoms with Gasteiger partial charge in [-0.2, -0.15) is 0 Å². The van der Waals surface area contributed by atoms with Crippen molar-refractivity contribution in [1.82, 2.24) is 10.2 Å². The third-order valence-electron chi connectivity index (χ3n) is 13.2. The lowest BCUT2D eigenvalue weighted by Crippen LogP contribution is -2.62. The van der Waals surface area contributed by atoms with Crippen molar-refractivity contribution in [3.8, 4) is 0 Å². The fourth-order valence-electron chi connectivity index (χ4n) is 9.53. The summed E-state index contributed by atoms with van der Waals surface area (Å²) in [6, 6.07) is -0.669. The van der Waals surface area contributed by atoms with Gasteiger partial charge in [0.15, 0.2) is 12.6 Å². The number of esters is 1. The maximum absolute atomic E-state index is 14.3. The van der Waals surface area contributed by atoms with Crippen LogP contribution in [0.1, 0.15) is 115 Å². The Morgan fingerprint density at radius 1 is 0.929 bits per heavy atom. The minimum absolute atomic E-state index is 0.130. The Bertz CT molecular complexity index is 1220. The van der Waals surface area contributed by atoms with E-state index >= 15 is 0 Å². The summed E-state index contributed by atoms with van der Waals surface area (Å²) >= 11 is 0. The number of cyclic esters (lactones) is 1. The number of likely N-dealkylation sites (N-methyl/N-ethyl adjacent to an activating group) is 1. The summed E-state index contributed by atoms with van der Waals surface area (Å²) in [7, 11) is 5.29. The summed E-state index contributed by atoms with van der Waals surface area (Å²) in [4.78, 5) is 16.3. The molecule has 19 atom stereocenters. The van der Waals surface area contributed by atoms with Crippen LogP contribution < -0.4 is 5.32 Å². The Labute approximate surface area is 337 Å². The molecular weight excluding hydrogens is 724 g/mol. The van der Waals surface area contributed by atoms with Gasteiger partial charge in [0.25, 0.3) is 0 Å². The van der Waals surface area contributed by atoms with E-state index in [1.807, 2.05) is 46.7 Å². The predicted octanol–water partition coefficient (Wildman–Crippen LogP) is 3.22. The van der Waals surface area contributed by atoms with Crippen molar-refractivity contribution in [3.05, 3.63) is 0 Å². The minimum atomic E-state index is -1.83. The van der Waals surface area contributed by atoms with Crippen molar-refractivity contribution in [2.45, 2.75) is 205 Å². The summed E-state index contributed by atoms with van der Waals surface area (Å²) in [6.07, 6.45) is -7.53. The topological polar surface area (TPSA) is 189 Å². The number of aliphatic hydroxyl groups excluding tert-OH is 3. The van der Waals surface area contributed by atoms with Crippen LogP contribution in [0.25, 0.3) is 0 Å². The maximum Gasteiger partial charge on any atom is 0.311 e. The predicted molar refractivity (Wildman–Crippen MR) is 212 cm³/mol. The highest BCUT2D eigenvalue weighted by atomic mass is 16.7. The number of nitrogens with one attached hydrogen (secondary N) is 1. The Balaban J connectivity index is 2.22. The number of hydrogen-bond acceptors (Lipinski definition) is 14. The summed E-state index contributed by atoms with van der Waals surface area (Å²) in [6.45, 7) is 22.7. The van der Waals surface area contributed by atoms with Gasteiger partial charge < -0.3 is 64.2 Å². The van der Waals surface area contributed by atoms with Gasteiger partial charge in [-0.1, -0.05) is 41.5 Å². The van der Waals surface area contributed by atoms with Crippen LogP contribution in [-0.4, -0.2) is 154 Å². The van der Waals surface area contributed by atoms with Crippen molar-refractivity contribution in [2.75, 3.05) is 27.7 Å². The molecule has 3 saturated heterocycles. The van der Waals surface area contributed by atoms with E-state index in [1.54, 1.807) is 34.6 Å². The van der Waals surface area contributed by atoms with Crippen molar-refractivity contribution in [2.24, 2.45) is 29.6 Å². The van der Waals surface area contributed by atoms with Gasteiger partial charge in [0.2, 0.25) is 0 Å². The number of carbonyl (C=O) groups is 1. The smallest absolute Gasteiger partial charge is 0.311 e. The van der Waals surface area contributed by atoms with Gasteiger partial charge in [-0.25, -0.2) is 0 Å². The quantitative estimate of drug-likeness (QED) is 0.167. The molecule has 0 spiro atoms. The Kier molecular flexibility index (Phi) is 17.7. The summed E-state index contributed by atoms with van der Waals surface area (Å²) in [5, 5.41) is 63.0. The van der Waals surface area contributed by atoms with E-state index in [0.717, 1.165) is 6.42 Å². The van der Waals surface area contributed by atoms with Crippen molar-refractivity contribution >= 4 is 5.97 Å². The lowest BCUT2D eigenvalue weighted by molar-refractivity contribution is -0.318. The van der Waals surface area contributed by atoms with E-state index in [1.165, 1.54) is 14.0 Å². The van der Waals surface area contributed by atoms with E-state index in [2.05, 4.69) is 19.2 Å². The second kappa shape index (κ2) is 20.0. The molecule has 0 saturated carbocycles. The average molecular weight is 805 g/mol. The first-order valence-corrected chi connectivity index (χ1v) is 21.1. The molecule has 0 amide bonds. The molecule has 0 aromatic rings.